The number of benzene rings is 1. The highest BCUT2D eigenvalue weighted by Crippen LogP contribution is 2.43. The molecule has 0 aliphatic carbocycles. The zero-order valence-corrected chi connectivity index (χ0v) is 17.2. The average Bonchev–Trinajstić information content (AvgIpc) is 3.07. The third kappa shape index (κ3) is 3.47. The minimum atomic E-state index is -1.13. The summed E-state index contributed by atoms with van der Waals surface area (Å²) in [5, 5.41) is 23.5. The molecule has 1 fully saturated rings. The van der Waals surface area contributed by atoms with E-state index in [-0.39, 0.29) is 11.4 Å². The molecule has 2 aliphatic heterocycles. The summed E-state index contributed by atoms with van der Waals surface area (Å²) in [7, 11) is 1.84. The van der Waals surface area contributed by atoms with Crippen LogP contribution in [0.2, 0.25) is 0 Å². The number of hydroxylamine groups is 2. The van der Waals surface area contributed by atoms with Crippen molar-refractivity contribution in [3.8, 4) is 0 Å². The highest BCUT2D eigenvalue weighted by atomic mass is 16.5. The van der Waals surface area contributed by atoms with Crippen LogP contribution in [-0.4, -0.2) is 50.3 Å². The molecular weight excluding hydrogens is 360 g/mol. The molecule has 1 aromatic rings. The highest BCUT2D eigenvalue weighted by Gasteiger charge is 2.67. The third-order valence-corrected chi connectivity index (χ3v) is 5.52. The highest BCUT2D eigenvalue weighted by molar-refractivity contribution is 5.85. The molecule has 3 rings (SSSR count). The van der Waals surface area contributed by atoms with Crippen LogP contribution in [0.15, 0.2) is 54.4 Å². The number of carboxylic acids is 1. The van der Waals surface area contributed by atoms with Crippen LogP contribution in [-0.2, 0) is 5.21 Å². The fraction of sp³-hybridized carbons (Fsp3) is 0.450. The summed E-state index contributed by atoms with van der Waals surface area (Å²) >= 11 is 0. The van der Waals surface area contributed by atoms with Gasteiger partial charge in [0.15, 0.2) is 11.1 Å². The Morgan fingerprint density at radius 3 is 2.07 bits per heavy atom. The predicted octanol–water partition coefficient (Wildman–Crippen LogP) is 1.90. The second-order valence-corrected chi connectivity index (χ2v) is 7.70. The first kappa shape index (κ1) is 21.4. The molecule has 0 amide bonds. The molecule has 0 spiro atoms. The Labute approximate surface area is 165 Å². The van der Waals surface area contributed by atoms with Crippen molar-refractivity contribution in [1.82, 2.24) is 14.9 Å². The summed E-state index contributed by atoms with van der Waals surface area (Å²) in [6, 6.07) is 8.06. The molecule has 1 radical (unpaired) electrons. The molecule has 8 nitrogen and oxygen atoms in total. The largest absolute Gasteiger partial charge is 0.545 e. The Balaban J connectivity index is 0.000000261. The van der Waals surface area contributed by atoms with Gasteiger partial charge in [-0.2, -0.15) is 0 Å². The normalized spacial score (nSPS) is 22.4. The van der Waals surface area contributed by atoms with Crippen LogP contribution in [0.25, 0.3) is 0 Å². The summed E-state index contributed by atoms with van der Waals surface area (Å²) in [4.78, 5) is 26.4. The zero-order chi connectivity index (χ0) is 21.3. The van der Waals surface area contributed by atoms with Gasteiger partial charge in [-0.3, -0.25) is 0 Å². The topological polar surface area (TPSA) is 89.8 Å². The van der Waals surface area contributed by atoms with Gasteiger partial charge < -0.3 is 19.7 Å². The molecule has 0 atom stereocenters. The van der Waals surface area contributed by atoms with Crippen molar-refractivity contribution in [3.63, 3.8) is 0 Å². The molecule has 1 aromatic carbocycles. The van der Waals surface area contributed by atoms with E-state index in [1.54, 1.807) is 45.9 Å². The number of rotatable bonds is 2. The van der Waals surface area contributed by atoms with Crippen molar-refractivity contribution in [2.75, 3.05) is 13.6 Å². The van der Waals surface area contributed by atoms with Crippen molar-refractivity contribution < 1.29 is 19.9 Å². The maximum atomic E-state index is 12.6. The van der Waals surface area contributed by atoms with Gasteiger partial charge in [0, 0.05) is 31.2 Å². The standard InChI is InChI=1S/C13H22N4O2.C7H6O2/c1-7-15-9-8-14(6)10(15)11-16(18)12(2,3)13(4,5)17(11)19;8-7(9)6-4-2-1-3-5-6/h8-9H,7H2,1-6H3;1-5H,(H,8,9)/q+1;/p-1. The number of nitrogens with zero attached hydrogens (tertiary/aromatic N) is 4. The van der Waals surface area contributed by atoms with E-state index < -0.39 is 17.0 Å². The molecule has 2 heterocycles. The quantitative estimate of drug-likeness (QED) is 0.720. The summed E-state index contributed by atoms with van der Waals surface area (Å²) < 4.78 is 0.849. The Bertz CT molecular complexity index is 815. The lowest BCUT2D eigenvalue weighted by atomic mass is 9.84. The minimum Gasteiger partial charge on any atom is -0.545 e. The molecule has 151 valence electrons. The van der Waals surface area contributed by atoms with Gasteiger partial charge in [-0.05, 0) is 44.9 Å². The summed E-state index contributed by atoms with van der Waals surface area (Å²) in [5.74, 6) is -0.300. The molecule has 28 heavy (non-hydrogen) atoms. The van der Waals surface area contributed by atoms with E-state index in [1.807, 2.05) is 36.2 Å². The van der Waals surface area contributed by atoms with Gasteiger partial charge in [0.25, 0.3) is 0 Å². The van der Waals surface area contributed by atoms with Crippen LogP contribution < -0.4 is 5.11 Å². The van der Waals surface area contributed by atoms with Gasteiger partial charge in [0.1, 0.15) is 0 Å². The summed E-state index contributed by atoms with van der Waals surface area (Å²) in [6.07, 6.45) is 3.73. The number of carboxylic acid groups (broad SMARTS) is 1. The van der Waals surface area contributed by atoms with Crippen LogP contribution in [0.4, 0.5) is 0 Å². The van der Waals surface area contributed by atoms with Gasteiger partial charge in [0.2, 0.25) is 5.82 Å². The molecule has 0 bridgehead atoms. The second kappa shape index (κ2) is 7.63. The molecular formula is C20H27N4O4. The van der Waals surface area contributed by atoms with Crippen molar-refractivity contribution in [1.29, 1.82) is 0 Å². The maximum Gasteiger partial charge on any atom is 0.391 e. The first-order valence-corrected chi connectivity index (χ1v) is 9.10. The van der Waals surface area contributed by atoms with E-state index >= 15 is 0 Å². The van der Waals surface area contributed by atoms with E-state index in [4.69, 9.17) is 0 Å². The SMILES string of the molecule is CCN1C=CN(C)/C1=C1/N([O])C(C)(C)C(C)(C)[N+]1=O.O=C([O-])c1ccccc1. The van der Waals surface area contributed by atoms with Crippen molar-refractivity contribution in [2.24, 2.45) is 0 Å². The van der Waals surface area contributed by atoms with Gasteiger partial charge in [0.05, 0.1) is 5.97 Å². The summed E-state index contributed by atoms with van der Waals surface area (Å²) in [5.41, 5.74) is -1.34. The van der Waals surface area contributed by atoms with Gasteiger partial charge in [-0.25, -0.2) is 0 Å². The van der Waals surface area contributed by atoms with Crippen molar-refractivity contribution >= 4 is 5.97 Å². The number of hydrogen-bond donors (Lipinski definition) is 0. The van der Waals surface area contributed by atoms with Crippen LogP contribution in [0.1, 0.15) is 45.0 Å². The van der Waals surface area contributed by atoms with Crippen LogP contribution in [0.5, 0.6) is 0 Å². The number of nitroso groups, excluding NO2 is 1. The van der Waals surface area contributed by atoms with E-state index in [9.17, 15) is 20.0 Å². The van der Waals surface area contributed by atoms with Crippen LogP contribution >= 0.6 is 0 Å². The van der Waals surface area contributed by atoms with E-state index in [2.05, 4.69) is 0 Å². The lowest BCUT2D eigenvalue weighted by Gasteiger charge is -2.25. The van der Waals surface area contributed by atoms with Gasteiger partial charge in [-0.15, -0.1) is 0 Å². The third-order valence-electron chi connectivity index (χ3n) is 5.52. The molecule has 0 aromatic heterocycles. The maximum absolute atomic E-state index is 12.6. The van der Waals surface area contributed by atoms with E-state index in [0.29, 0.717) is 12.4 Å². The number of aromatic carboxylic acids is 1. The number of hydrogen-bond acceptors (Lipinski definition) is 6. The Morgan fingerprint density at radius 2 is 1.68 bits per heavy atom. The second-order valence-electron chi connectivity index (χ2n) is 7.70. The van der Waals surface area contributed by atoms with E-state index in [1.165, 1.54) is 12.1 Å². The molecule has 1 saturated heterocycles. The van der Waals surface area contributed by atoms with Crippen LogP contribution in [0.3, 0.4) is 0 Å². The first-order valence-electron chi connectivity index (χ1n) is 9.10. The molecule has 8 heteroatoms. The fourth-order valence-corrected chi connectivity index (χ4v) is 2.93. The molecule has 0 N–H and O–H groups in total. The van der Waals surface area contributed by atoms with Crippen molar-refractivity contribution in [3.05, 3.63) is 64.8 Å². The summed E-state index contributed by atoms with van der Waals surface area (Å²) in [6.45, 7) is 9.91. The first-order chi connectivity index (χ1) is 13.0. The average molecular weight is 387 g/mol. The molecule has 0 unspecified atom stereocenters. The monoisotopic (exact) mass is 387 g/mol. The van der Waals surface area contributed by atoms with Crippen molar-refractivity contribution in [2.45, 2.75) is 45.7 Å². The van der Waals surface area contributed by atoms with Gasteiger partial charge >= 0.3 is 5.82 Å². The predicted molar refractivity (Wildman–Crippen MR) is 101 cm³/mol. The van der Waals surface area contributed by atoms with Crippen LogP contribution in [0, 0.1) is 4.91 Å². The smallest absolute Gasteiger partial charge is 0.391 e. The minimum absolute atomic E-state index is 0.185. The number of carbonyl (C=O) groups excluding carboxylic acids is 1. The molecule has 2 aliphatic rings. The van der Waals surface area contributed by atoms with E-state index in [0.717, 1.165) is 9.82 Å². The number of carbonyl (C=O) groups is 1. The van der Waals surface area contributed by atoms with Gasteiger partial charge in [-0.1, -0.05) is 40.3 Å². The Morgan fingerprint density at radius 1 is 1.11 bits per heavy atom. The zero-order valence-electron chi connectivity index (χ0n) is 17.2. The fourth-order valence-electron chi connectivity index (χ4n) is 2.93. The molecule has 0 saturated carbocycles. The lowest BCUT2D eigenvalue weighted by Crippen LogP contribution is -2.50. The lowest BCUT2D eigenvalue weighted by molar-refractivity contribution is -0.570. The Hall–Kier alpha value is -2.87. The Kier molecular flexibility index (Phi) is 5.84.